The minimum atomic E-state index is -3.63. The average molecular weight is 429 g/mol. The Labute approximate surface area is 175 Å². The fourth-order valence-electron chi connectivity index (χ4n) is 3.81. The highest BCUT2D eigenvalue weighted by molar-refractivity contribution is 7.89. The topological polar surface area (TPSA) is 88.9 Å². The van der Waals surface area contributed by atoms with Gasteiger partial charge in [-0.2, -0.15) is 0 Å². The lowest BCUT2D eigenvalue weighted by atomic mass is 10.0. The molecule has 1 N–H and O–H groups in total. The van der Waals surface area contributed by atoms with Gasteiger partial charge in [0.2, 0.25) is 15.9 Å². The predicted molar refractivity (Wildman–Crippen MR) is 114 cm³/mol. The first-order valence-corrected chi connectivity index (χ1v) is 11.2. The fourth-order valence-corrected chi connectivity index (χ4v) is 4.74. The van der Waals surface area contributed by atoms with E-state index in [4.69, 9.17) is 9.15 Å². The van der Waals surface area contributed by atoms with Crippen molar-refractivity contribution in [2.24, 2.45) is 0 Å². The van der Waals surface area contributed by atoms with Crippen molar-refractivity contribution in [2.75, 3.05) is 26.5 Å². The summed E-state index contributed by atoms with van der Waals surface area (Å²) in [5.74, 6) is 0.104. The van der Waals surface area contributed by atoms with Gasteiger partial charge in [-0.1, -0.05) is 0 Å². The molecule has 0 radical (unpaired) electrons. The van der Waals surface area contributed by atoms with Gasteiger partial charge in [0.15, 0.2) is 0 Å². The normalized spacial score (nSPS) is 13.6. The van der Waals surface area contributed by atoms with Crippen molar-refractivity contribution < 1.29 is 22.4 Å². The van der Waals surface area contributed by atoms with E-state index in [0.29, 0.717) is 11.4 Å². The van der Waals surface area contributed by atoms with Crippen LogP contribution in [0.2, 0.25) is 0 Å². The number of fused-ring (bicyclic) bond motifs is 2. The fraction of sp³-hybridized carbons (Fsp3) is 0.318. The van der Waals surface area contributed by atoms with Crippen LogP contribution < -0.4 is 10.1 Å². The number of carbonyl (C=O) groups is 1. The van der Waals surface area contributed by atoms with Gasteiger partial charge >= 0.3 is 0 Å². The molecule has 0 aliphatic heterocycles. The molecule has 3 aromatic rings. The summed E-state index contributed by atoms with van der Waals surface area (Å²) in [6.45, 7) is 0. The number of methoxy groups -OCH3 is 1. The van der Waals surface area contributed by atoms with E-state index in [0.717, 1.165) is 40.1 Å². The Morgan fingerprint density at radius 1 is 1.17 bits per heavy atom. The van der Waals surface area contributed by atoms with Crippen LogP contribution in [0.1, 0.15) is 23.1 Å². The Kier molecular flexibility index (Phi) is 5.29. The Bertz CT molecular complexity index is 1230. The van der Waals surface area contributed by atoms with Gasteiger partial charge in [-0.05, 0) is 60.7 Å². The summed E-state index contributed by atoms with van der Waals surface area (Å²) in [7, 11) is 0.748. The highest BCUT2D eigenvalue weighted by atomic mass is 32.2. The SMILES string of the molecule is COc1ccc(S(=O)(=O)N(C)C)cc1NC(=O)Cc1coc2cc3c(cc12)CCC3. The van der Waals surface area contributed by atoms with Crippen LogP contribution in [0.3, 0.4) is 0 Å². The number of carbonyl (C=O) groups excluding carboxylic acids is 1. The molecule has 0 spiro atoms. The van der Waals surface area contributed by atoms with Crippen molar-refractivity contribution in [3.8, 4) is 5.75 Å². The van der Waals surface area contributed by atoms with E-state index in [1.165, 1.54) is 50.5 Å². The molecule has 1 aliphatic rings. The van der Waals surface area contributed by atoms with Crippen LogP contribution in [0, 0.1) is 0 Å². The number of rotatable bonds is 6. The zero-order chi connectivity index (χ0) is 21.5. The van der Waals surface area contributed by atoms with Crippen molar-refractivity contribution in [1.82, 2.24) is 4.31 Å². The molecular formula is C22H24N2O5S. The van der Waals surface area contributed by atoms with Gasteiger partial charge in [-0.25, -0.2) is 12.7 Å². The number of hydrogen-bond acceptors (Lipinski definition) is 5. The van der Waals surface area contributed by atoms with Crippen LogP contribution >= 0.6 is 0 Å². The molecule has 158 valence electrons. The molecule has 4 rings (SSSR count). The molecule has 0 saturated carbocycles. The maximum absolute atomic E-state index is 12.8. The lowest BCUT2D eigenvalue weighted by Gasteiger charge is -2.15. The molecule has 1 amide bonds. The predicted octanol–water partition coefficient (Wildman–Crippen LogP) is 3.36. The number of benzene rings is 2. The summed E-state index contributed by atoms with van der Waals surface area (Å²) >= 11 is 0. The summed E-state index contributed by atoms with van der Waals surface area (Å²) in [4.78, 5) is 12.8. The first-order valence-electron chi connectivity index (χ1n) is 9.72. The number of hydrogen-bond donors (Lipinski definition) is 1. The number of furan rings is 1. The van der Waals surface area contributed by atoms with E-state index < -0.39 is 10.0 Å². The standard InChI is InChI=1S/C22H24N2O5S/c1-24(2)30(26,27)17-7-8-20(28-3)19(12-17)23-22(25)11-16-13-29-21-10-15-6-4-5-14(15)9-18(16)21/h7-10,12-13H,4-6,11H2,1-3H3,(H,23,25). The smallest absolute Gasteiger partial charge is 0.242 e. The monoisotopic (exact) mass is 428 g/mol. The van der Waals surface area contributed by atoms with Crippen LogP contribution in [0.4, 0.5) is 5.69 Å². The Morgan fingerprint density at radius 3 is 2.60 bits per heavy atom. The molecule has 30 heavy (non-hydrogen) atoms. The molecule has 0 bridgehead atoms. The second-order valence-electron chi connectivity index (χ2n) is 7.61. The van der Waals surface area contributed by atoms with E-state index in [1.54, 1.807) is 6.26 Å². The van der Waals surface area contributed by atoms with Crippen molar-refractivity contribution in [2.45, 2.75) is 30.6 Å². The second kappa shape index (κ2) is 7.77. The third-order valence-corrected chi connectivity index (χ3v) is 7.25. The maximum Gasteiger partial charge on any atom is 0.242 e. The summed E-state index contributed by atoms with van der Waals surface area (Å²) in [5, 5.41) is 3.73. The zero-order valence-corrected chi connectivity index (χ0v) is 18.0. The number of nitrogens with zero attached hydrogens (tertiary/aromatic N) is 1. The van der Waals surface area contributed by atoms with Crippen LogP contribution in [-0.2, 0) is 34.1 Å². The maximum atomic E-state index is 12.8. The van der Waals surface area contributed by atoms with Crippen LogP contribution in [-0.4, -0.2) is 39.8 Å². The second-order valence-corrected chi connectivity index (χ2v) is 9.76. The van der Waals surface area contributed by atoms with E-state index in [-0.39, 0.29) is 17.2 Å². The highest BCUT2D eigenvalue weighted by Crippen LogP contribution is 2.32. The van der Waals surface area contributed by atoms with E-state index in [1.807, 2.05) is 0 Å². The first kappa shape index (κ1) is 20.4. The molecule has 0 unspecified atom stereocenters. The lowest BCUT2D eigenvalue weighted by molar-refractivity contribution is -0.115. The first-order chi connectivity index (χ1) is 14.3. The third kappa shape index (κ3) is 3.68. The number of amides is 1. The molecular weight excluding hydrogens is 404 g/mol. The van der Waals surface area contributed by atoms with Gasteiger partial charge in [0.25, 0.3) is 0 Å². The molecule has 1 aliphatic carbocycles. The summed E-state index contributed by atoms with van der Waals surface area (Å²) < 4.78 is 36.9. The van der Waals surface area contributed by atoms with Crippen molar-refractivity contribution in [3.63, 3.8) is 0 Å². The van der Waals surface area contributed by atoms with Gasteiger partial charge in [-0.15, -0.1) is 0 Å². The summed E-state index contributed by atoms with van der Waals surface area (Å²) in [6.07, 6.45) is 4.98. The molecule has 0 saturated heterocycles. The highest BCUT2D eigenvalue weighted by Gasteiger charge is 2.21. The average Bonchev–Trinajstić information content (AvgIpc) is 3.32. The van der Waals surface area contributed by atoms with Crippen LogP contribution in [0.15, 0.2) is 45.9 Å². The van der Waals surface area contributed by atoms with Gasteiger partial charge in [0, 0.05) is 25.0 Å². The molecule has 8 heteroatoms. The number of anilines is 1. The summed E-state index contributed by atoms with van der Waals surface area (Å²) in [6, 6.07) is 8.58. The molecule has 1 heterocycles. The zero-order valence-electron chi connectivity index (χ0n) is 17.2. The van der Waals surface area contributed by atoms with Crippen molar-refractivity contribution >= 4 is 32.6 Å². The number of ether oxygens (including phenoxy) is 1. The van der Waals surface area contributed by atoms with E-state index in [9.17, 15) is 13.2 Å². The molecule has 7 nitrogen and oxygen atoms in total. The van der Waals surface area contributed by atoms with Gasteiger partial charge in [0.05, 0.1) is 30.4 Å². The Morgan fingerprint density at radius 2 is 1.90 bits per heavy atom. The largest absolute Gasteiger partial charge is 0.495 e. The Balaban J connectivity index is 1.59. The molecule has 1 aromatic heterocycles. The summed E-state index contributed by atoms with van der Waals surface area (Å²) in [5.41, 5.74) is 4.52. The van der Waals surface area contributed by atoms with E-state index >= 15 is 0 Å². The number of nitrogens with one attached hydrogen (secondary N) is 1. The molecule has 2 aromatic carbocycles. The molecule has 0 fully saturated rings. The van der Waals surface area contributed by atoms with Crippen molar-refractivity contribution in [1.29, 1.82) is 0 Å². The van der Waals surface area contributed by atoms with Gasteiger partial charge < -0.3 is 14.5 Å². The van der Waals surface area contributed by atoms with Crippen LogP contribution in [0.5, 0.6) is 5.75 Å². The lowest BCUT2D eigenvalue weighted by Crippen LogP contribution is -2.22. The number of sulfonamides is 1. The van der Waals surface area contributed by atoms with Crippen LogP contribution in [0.25, 0.3) is 11.0 Å². The third-order valence-electron chi connectivity index (χ3n) is 5.44. The molecule has 0 atom stereocenters. The Hall–Kier alpha value is -2.84. The quantitative estimate of drug-likeness (QED) is 0.650. The minimum Gasteiger partial charge on any atom is -0.495 e. The van der Waals surface area contributed by atoms with Gasteiger partial charge in [-0.3, -0.25) is 4.79 Å². The van der Waals surface area contributed by atoms with Crippen molar-refractivity contribution in [3.05, 3.63) is 53.3 Å². The van der Waals surface area contributed by atoms with Gasteiger partial charge in [0.1, 0.15) is 11.3 Å². The number of aryl methyl sites for hydroxylation is 2. The van der Waals surface area contributed by atoms with E-state index in [2.05, 4.69) is 17.4 Å². The minimum absolute atomic E-state index is 0.0768.